The monoisotopic (exact) mass is 98.1 g/mol. The molecule has 1 aliphatic heterocycles. The van der Waals surface area contributed by atoms with Crippen LogP contribution in [0.25, 0.3) is 0 Å². The van der Waals surface area contributed by atoms with Crippen LogP contribution in [-0.2, 0) is 4.84 Å². The molecule has 1 heterocycles. The molecule has 0 spiro atoms. The van der Waals surface area contributed by atoms with Gasteiger partial charge < -0.3 is 4.84 Å². The maximum absolute atomic E-state index is 4.66. The molecule has 0 N–H and O–H groups in total. The predicted molar refractivity (Wildman–Crippen MR) is 27.2 cm³/mol. The zero-order valence-corrected chi connectivity index (χ0v) is 4.35. The van der Waals surface area contributed by atoms with Crippen LogP contribution in [0, 0.1) is 5.92 Å². The highest BCUT2D eigenvalue weighted by molar-refractivity contribution is 5.61. The molecule has 0 aliphatic carbocycles. The lowest BCUT2D eigenvalue weighted by Crippen LogP contribution is -1.98. The third-order valence-corrected chi connectivity index (χ3v) is 1.07. The van der Waals surface area contributed by atoms with Crippen molar-refractivity contribution in [3.63, 3.8) is 0 Å². The van der Waals surface area contributed by atoms with Gasteiger partial charge in [0.15, 0.2) is 0 Å². The molecule has 0 aromatic heterocycles. The Labute approximate surface area is 43.2 Å². The first kappa shape index (κ1) is 4.62. The molecular weight excluding hydrogens is 90.1 g/mol. The largest absolute Gasteiger partial charge is 0.395 e. The van der Waals surface area contributed by atoms with Crippen LogP contribution in [-0.4, -0.2) is 12.8 Å². The lowest BCUT2D eigenvalue weighted by Gasteiger charge is -1.93. The minimum Gasteiger partial charge on any atom is -0.395 e. The smallest absolute Gasteiger partial charge is 0.125 e. The molecule has 1 atom stereocenters. The fourth-order valence-electron chi connectivity index (χ4n) is 0.485. The summed E-state index contributed by atoms with van der Waals surface area (Å²) in [5, 5.41) is 3.49. The lowest BCUT2D eigenvalue weighted by molar-refractivity contribution is 0.154. The molecule has 0 saturated heterocycles. The van der Waals surface area contributed by atoms with E-state index < -0.39 is 0 Å². The minimum absolute atomic E-state index is 0.458. The van der Waals surface area contributed by atoms with Crippen LogP contribution in [0.15, 0.2) is 5.16 Å². The molecule has 7 heavy (non-hydrogen) atoms. The van der Waals surface area contributed by atoms with E-state index in [0.717, 1.165) is 13.0 Å². The molecule has 1 rings (SSSR count). The van der Waals surface area contributed by atoms with Gasteiger partial charge >= 0.3 is 0 Å². The number of hydrogen-bond donors (Lipinski definition) is 0. The molecule has 1 aliphatic rings. The van der Waals surface area contributed by atoms with E-state index in [1.807, 2.05) is 0 Å². The van der Waals surface area contributed by atoms with Crippen LogP contribution in [0.4, 0.5) is 0 Å². The summed E-state index contributed by atoms with van der Waals surface area (Å²) in [6, 6.07) is 0. The third kappa shape index (κ3) is 0.918. The summed E-state index contributed by atoms with van der Waals surface area (Å²) in [4.78, 5) is 4.66. The van der Waals surface area contributed by atoms with Crippen molar-refractivity contribution < 1.29 is 4.84 Å². The third-order valence-electron chi connectivity index (χ3n) is 1.07. The van der Waals surface area contributed by atoms with Crippen molar-refractivity contribution in [1.82, 2.24) is 0 Å². The summed E-state index contributed by atoms with van der Waals surface area (Å²) in [5.41, 5.74) is 0. The van der Waals surface area contributed by atoms with Crippen LogP contribution in [0.2, 0.25) is 0 Å². The average molecular weight is 98.1 g/mol. The maximum atomic E-state index is 4.66. The quantitative estimate of drug-likeness (QED) is 0.477. The minimum atomic E-state index is 0.458. The van der Waals surface area contributed by atoms with Gasteiger partial charge in [-0.15, -0.1) is 0 Å². The molecule has 2 nitrogen and oxygen atoms in total. The van der Waals surface area contributed by atoms with Gasteiger partial charge in [-0.05, 0) is 6.42 Å². The second kappa shape index (κ2) is 1.96. The average Bonchev–Trinajstić information content (AvgIpc) is 2.14. The molecule has 1 unspecified atom stereocenters. The number of hydrogen-bond acceptors (Lipinski definition) is 2. The highest BCUT2D eigenvalue weighted by atomic mass is 16.6. The van der Waals surface area contributed by atoms with Gasteiger partial charge in [0.25, 0.3) is 0 Å². The number of nitrogens with zero attached hydrogens (tertiary/aromatic N) is 1. The summed E-state index contributed by atoms with van der Waals surface area (Å²) >= 11 is 0. The van der Waals surface area contributed by atoms with Crippen LogP contribution in [0.1, 0.15) is 13.3 Å². The van der Waals surface area contributed by atoms with Gasteiger partial charge in [0, 0.05) is 5.92 Å². The first-order valence-electron chi connectivity index (χ1n) is 2.51. The molecule has 0 aromatic rings. The first-order valence-corrected chi connectivity index (χ1v) is 2.51. The molecule has 39 valence electrons. The Kier molecular flexibility index (Phi) is 1.29. The molecule has 0 saturated carbocycles. The van der Waals surface area contributed by atoms with Gasteiger partial charge in [0.2, 0.25) is 0 Å². The van der Waals surface area contributed by atoms with Crippen molar-refractivity contribution in [3.8, 4) is 0 Å². The van der Waals surface area contributed by atoms with Crippen molar-refractivity contribution in [1.29, 1.82) is 0 Å². The summed E-state index contributed by atoms with van der Waals surface area (Å²) in [5.74, 6) is 0.458. The number of rotatable bonds is 1. The van der Waals surface area contributed by atoms with Gasteiger partial charge in [-0.25, -0.2) is 0 Å². The van der Waals surface area contributed by atoms with Gasteiger partial charge in [-0.3, -0.25) is 0 Å². The van der Waals surface area contributed by atoms with E-state index >= 15 is 0 Å². The van der Waals surface area contributed by atoms with Crippen LogP contribution < -0.4 is 0 Å². The fourth-order valence-corrected chi connectivity index (χ4v) is 0.485. The van der Waals surface area contributed by atoms with Crippen molar-refractivity contribution >= 4 is 6.21 Å². The first-order chi connectivity index (χ1) is 3.43. The summed E-state index contributed by atoms with van der Waals surface area (Å²) < 4.78 is 0. The van der Waals surface area contributed by atoms with Gasteiger partial charge in [0.05, 0.1) is 0 Å². The fraction of sp³-hybridized carbons (Fsp3) is 0.800. The Bertz CT molecular complexity index is 80.1. The molecule has 2 heteroatoms. The Morgan fingerprint density at radius 1 is 2.00 bits per heavy atom. The van der Waals surface area contributed by atoms with E-state index in [9.17, 15) is 0 Å². The van der Waals surface area contributed by atoms with Crippen molar-refractivity contribution in [3.05, 3.63) is 0 Å². The predicted octanol–water partition coefficient (Wildman–Crippen LogP) is 0.906. The second-order valence-electron chi connectivity index (χ2n) is 1.62. The van der Waals surface area contributed by atoms with E-state index in [1.165, 1.54) is 0 Å². The van der Waals surface area contributed by atoms with Crippen molar-refractivity contribution in [2.24, 2.45) is 11.1 Å². The van der Waals surface area contributed by atoms with E-state index in [0.29, 0.717) is 5.92 Å². The van der Waals surface area contributed by atoms with E-state index in [4.69, 9.17) is 0 Å². The van der Waals surface area contributed by atoms with E-state index in [2.05, 4.69) is 23.1 Å². The topological polar surface area (TPSA) is 21.6 Å². The normalized spacial score (nSPS) is 27.9. The second-order valence-corrected chi connectivity index (χ2v) is 1.62. The molecule has 0 bridgehead atoms. The molecule has 1 radical (unpaired) electrons. The van der Waals surface area contributed by atoms with Gasteiger partial charge in [-0.1, -0.05) is 12.1 Å². The Hall–Kier alpha value is -0.530. The Morgan fingerprint density at radius 3 is 3.14 bits per heavy atom. The van der Waals surface area contributed by atoms with Crippen LogP contribution in [0.5, 0.6) is 0 Å². The molecule has 0 fully saturated rings. The Balaban J connectivity index is 2.28. The highest BCUT2D eigenvalue weighted by Crippen LogP contribution is 2.04. The van der Waals surface area contributed by atoms with Crippen LogP contribution >= 0.6 is 0 Å². The van der Waals surface area contributed by atoms with Crippen LogP contribution in [0.3, 0.4) is 0 Å². The highest BCUT2D eigenvalue weighted by Gasteiger charge is 2.08. The SMILES string of the molecule is CCC1[C]=NOC1. The van der Waals surface area contributed by atoms with E-state index in [1.54, 1.807) is 0 Å². The maximum Gasteiger partial charge on any atom is 0.125 e. The van der Waals surface area contributed by atoms with Gasteiger partial charge in [0.1, 0.15) is 12.8 Å². The van der Waals surface area contributed by atoms with Gasteiger partial charge in [-0.2, -0.15) is 0 Å². The summed E-state index contributed by atoms with van der Waals surface area (Å²) in [7, 11) is 0. The van der Waals surface area contributed by atoms with Crippen molar-refractivity contribution in [2.45, 2.75) is 13.3 Å². The molecule has 0 aromatic carbocycles. The standard InChI is InChI=1S/C5H8NO/c1-2-5-3-6-7-4-5/h5H,2,4H2,1H3. The van der Waals surface area contributed by atoms with E-state index in [-0.39, 0.29) is 0 Å². The molecule has 0 amide bonds. The zero-order chi connectivity index (χ0) is 5.11. The van der Waals surface area contributed by atoms with Crippen molar-refractivity contribution in [2.75, 3.05) is 6.61 Å². The zero-order valence-electron chi connectivity index (χ0n) is 4.35. The summed E-state index contributed by atoms with van der Waals surface area (Å²) in [6.07, 6.45) is 3.90. The summed E-state index contributed by atoms with van der Waals surface area (Å²) in [6.45, 7) is 2.83. The Morgan fingerprint density at radius 2 is 2.86 bits per heavy atom. The lowest BCUT2D eigenvalue weighted by atomic mass is 10.1. The molecular formula is C5H8NO.